The van der Waals surface area contributed by atoms with E-state index in [4.69, 9.17) is 4.74 Å². The number of hydrazine groups is 1. The first-order chi connectivity index (χ1) is 11.1. The van der Waals surface area contributed by atoms with Crippen LogP contribution in [0.5, 0.6) is 0 Å². The number of aromatic nitrogens is 1. The number of amides is 2. The number of nitrogens with one attached hydrogen (secondary N) is 2. The summed E-state index contributed by atoms with van der Waals surface area (Å²) in [5.41, 5.74) is 5.09. The standard InChI is InChI=1S/C16H15N3O4/c1-11(23-16(22)13-8-5-9-17-10-13)14(20)18-19-15(21)12-6-3-2-4-7-12/h2-11H,1H3,(H,18,20)(H,19,21)/t11-/m1/s1. The van der Waals surface area contributed by atoms with Crippen LogP contribution in [-0.2, 0) is 9.53 Å². The Morgan fingerprint density at radius 2 is 1.70 bits per heavy atom. The lowest BCUT2D eigenvalue weighted by Gasteiger charge is -2.14. The Bertz CT molecular complexity index is 689. The minimum absolute atomic E-state index is 0.237. The summed E-state index contributed by atoms with van der Waals surface area (Å²) in [6, 6.07) is 11.5. The highest BCUT2D eigenvalue weighted by Crippen LogP contribution is 2.02. The van der Waals surface area contributed by atoms with Crippen molar-refractivity contribution in [1.29, 1.82) is 0 Å². The molecule has 0 aliphatic heterocycles. The molecule has 7 heteroatoms. The molecule has 2 rings (SSSR count). The third-order valence-electron chi connectivity index (χ3n) is 2.89. The van der Waals surface area contributed by atoms with Crippen molar-refractivity contribution in [2.45, 2.75) is 13.0 Å². The molecule has 23 heavy (non-hydrogen) atoms. The minimum atomic E-state index is -1.07. The van der Waals surface area contributed by atoms with E-state index in [1.54, 1.807) is 36.4 Å². The summed E-state index contributed by atoms with van der Waals surface area (Å²) in [5, 5.41) is 0. The van der Waals surface area contributed by atoms with Crippen LogP contribution >= 0.6 is 0 Å². The number of carbonyl (C=O) groups excluding carboxylic acids is 3. The summed E-state index contributed by atoms with van der Waals surface area (Å²) in [5.74, 6) is -1.79. The van der Waals surface area contributed by atoms with Crippen molar-refractivity contribution in [3.8, 4) is 0 Å². The Kier molecular flexibility index (Phi) is 5.40. The molecule has 0 saturated carbocycles. The maximum atomic E-state index is 11.8. The zero-order valence-corrected chi connectivity index (χ0v) is 12.4. The first-order valence-electron chi connectivity index (χ1n) is 6.84. The van der Waals surface area contributed by atoms with E-state index in [0.29, 0.717) is 5.56 Å². The van der Waals surface area contributed by atoms with Crippen LogP contribution < -0.4 is 10.9 Å². The molecule has 0 aliphatic carbocycles. The number of hydrogen-bond donors (Lipinski definition) is 2. The summed E-state index contributed by atoms with van der Waals surface area (Å²) < 4.78 is 4.99. The molecule has 1 aromatic carbocycles. The highest BCUT2D eigenvalue weighted by atomic mass is 16.5. The predicted octanol–water partition coefficient (Wildman–Crippen LogP) is 1.09. The Morgan fingerprint density at radius 1 is 1.00 bits per heavy atom. The van der Waals surface area contributed by atoms with Gasteiger partial charge in [-0.05, 0) is 31.2 Å². The summed E-state index contributed by atoms with van der Waals surface area (Å²) in [7, 11) is 0. The smallest absolute Gasteiger partial charge is 0.340 e. The van der Waals surface area contributed by atoms with Gasteiger partial charge in [-0.25, -0.2) is 4.79 Å². The van der Waals surface area contributed by atoms with E-state index in [0.717, 1.165) is 0 Å². The first-order valence-corrected chi connectivity index (χ1v) is 6.84. The van der Waals surface area contributed by atoms with Gasteiger partial charge >= 0.3 is 5.97 Å². The van der Waals surface area contributed by atoms with Crippen molar-refractivity contribution in [2.75, 3.05) is 0 Å². The molecular formula is C16H15N3O4. The van der Waals surface area contributed by atoms with Crippen LogP contribution in [0.15, 0.2) is 54.9 Å². The average molecular weight is 313 g/mol. The van der Waals surface area contributed by atoms with E-state index in [2.05, 4.69) is 15.8 Å². The van der Waals surface area contributed by atoms with Crippen LogP contribution in [0, 0.1) is 0 Å². The molecule has 0 unspecified atom stereocenters. The number of ether oxygens (including phenoxy) is 1. The highest BCUT2D eigenvalue weighted by Gasteiger charge is 2.19. The van der Waals surface area contributed by atoms with Crippen molar-refractivity contribution in [3.05, 3.63) is 66.0 Å². The molecule has 118 valence electrons. The second-order valence-corrected chi connectivity index (χ2v) is 4.60. The second-order valence-electron chi connectivity index (χ2n) is 4.60. The van der Waals surface area contributed by atoms with E-state index in [-0.39, 0.29) is 5.56 Å². The van der Waals surface area contributed by atoms with E-state index in [9.17, 15) is 14.4 Å². The van der Waals surface area contributed by atoms with Crippen molar-refractivity contribution >= 4 is 17.8 Å². The molecule has 2 N–H and O–H groups in total. The first kappa shape index (κ1) is 16.2. The fraction of sp³-hybridized carbons (Fsp3) is 0.125. The van der Waals surface area contributed by atoms with Crippen LogP contribution in [0.4, 0.5) is 0 Å². The molecule has 2 amide bonds. The summed E-state index contributed by atoms with van der Waals surface area (Å²) in [6.45, 7) is 1.40. The van der Waals surface area contributed by atoms with Gasteiger partial charge in [0.1, 0.15) is 0 Å². The molecule has 1 aromatic heterocycles. The minimum Gasteiger partial charge on any atom is -0.449 e. The van der Waals surface area contributed by atoms with Gasteiger partial charge in [0, 0.05) is 18.0 Å². The Balaban J connectivity index is 1.83. The van der Waals surface area contributed by atoms with Gasteiger partial charge in [-0.1, -0.05) is 18.2 Å². The molecule has 0 fully saturated rings. The average Bonchev–Trinajstić information content (AvgIpc) is 2.60. The van der Waals surface area contributed by atoms with Gasteiger partial charge in [-0.3, -0.25) is 25.4 Å². The summed E-state index contributed by atoms with van der Waals surface area (Å²) in [6.07, 6.45) is 1.79. The van der Waals surface area contributed by atoms with Gasteiger partial charge in [0.2, 0.25) is 0 Å². The topological polar surface area (TPSA) is 97.4 Å². The monoisotopic (exact) mass is 313 g/mol. The molecule has 1 atom stereocenters. The third-order valence-corrected chi connectivity index (χ3v) is 2.89. The van der Waals surface area contributed by atoms with E-state index >= 15 is 0 Å². The van der Waals surface area contributed by atoms with Crippen LogP contribution in [0.3, 0.4) is 0 Å². The Labute approximate surface area is 132 Å². The quantitative estimate of drug-likeness (QED) is 0.650. The van der Waals surface area contributed by atoms with Gasteiger partial charge in [-0.15, -0.1) is 0 Å². The molecule has 1 heterocycles. The van der Waals surface area contributed by atoms with Gasteiger partial charge in [0.15, 0.2) is 6.10 Å². The van der Waals surface area contributed by atoms with E-state index in [1.807, 2.05) is 0 Å². The fourth-order valence-electron chi connectivity index (χ4n) is 1.65. The molecular weight excluding hydrogens is 298 g/mol. The zero-order valence-electron chi connectivity index (χ0n) is 12.4. The summed E-state index contributed by atoms with van der Waals surface area (Å²) >= 11 is 0. The molecule has 0 spiro atoms. The number of carbonyl (C=O) groups is 3. The van der Waals surface area contributed by atoms with Crippen molar-refractivity contribution in [2.24, 2.45) is 0 Å². The van der Waals surface area contributed by atoms with Crippen molar-refractivity contribution in [1.82, 2.24) is 15.8 Å². The van der Waals surface area contributed by atoms with Gasteiger partial charge in [-0.2, -0.15) is 0 Å². The third kappa shape index (κ3) is 4.63. The number of hydrogen-bond acceptors (Lipinski definition) is 5. The maximum absolute atomic E-state index is 11.8. The lowest BCUT2D eigenvalue weighted by molar-refractivity contribution is -0.129. The number of benzene rings is 1. The molecule has 0 aliphatic rings. The van der Waals surface area contributed by atoms with E-state index in [1.165, 1.54) is 25.4 Å². The van der Waals surface area contributed by atoms with Crippen LogP contribution in [0.25, 0.3) is 0 Å². The fourth-order valence-corrected chi connectivity index (χ4v) is 1.65. The van der Waals surface area contributed by atoms with Crippen molar-refractivity contribution < 1.29 is 19.1 Å². The molecule has 0 radical (unpaired) electrons. The van der Waals surface area contributed by atoms with Crippen molar-refractivity contribution in [3.63, 3.8) is 0 Å². The Morgan fingerprint density at radius 3 is 2.35 bits per heavy atom. The second kappa shape index (κ2) is 7.69. The number of esters is 1. The Hall–Kier alpha value is -3.22. The van der Waals surface area contributed by atoms with Crippen LogP contribution in [-0.4, -0.2) is 28.9 Å². The molecule has 0 bridgehead atoms. The summed E-state index contributed by atoms with van der Waals surface area (Å²) in [4.78, 5) is 39.2. The molecule has 7 nitrogen and oxygen atoms in total. The van der Waals surface area contributed by atoms with Gasteiger partial charge in [0.25, 0.3) is 11.8 Å². The van der Waals surface area contributed by atoms with Crippen LogP contribution in [0.1, 0.15) is 27.6 Å². The molecule has 2 aromatic rings. The highest BCUT2D eigenvalue weighted by molar-refractivity contribution is 5.96. The van der Waals surface area contributed by atoms with Gasteiger partial charge in [0.05, 0.1) is 5.56 Å². The lowest BCUT2D eigenvalue weighted by atomic mass is 10.2. The molecule has 0 saturated heterocycles. The number of nitrogens with zero attached hydrogens (tertiary/aromatic N) is 1. The normalized spacial score (nSPS) is 11.2. The van der Waals surface area contributed by atoms with Gasteiger partial charge < -0.3 is 4.74 Å². The zero-order chi connectivity index (χ0) is 16.7. The number of pyridine rings is 1. The predicted molar refractivity (Wildman–Crippen MR) is 81.2 cm³/mol. The largest absolute Gasteiger partial charge is 0.449 e. The maximum Gasteiger partial charge on any atom is 0.340 e. The SMILES string of the molecule is C[C@@H](OC(=O)c1cccnc1)C(=O)NNC(=O)c1ccccc1. The van der Waals surface area contributed by atoms with Crippen LogP contribution in [0.2, 0.25) is 0 Å². The van der Waals surface area contributed by atoms with E-state index < -0.39 is 23.9 Å². The number of rotatable bonds is 4. The lowest BCUT2D eigenvalue weighted by Crippen LogP contribution is -2.46.